The molecule has 1 fully saturated rings. The summed E-state index contributed by atoms with van der Waals surface area (Å²) in [5, 5.41) is 0.549. The van der Waals surface area contributed by atoms with Crippen molar-refractivity contribution in [2.75, 3.05) is 13.1 Å². The Morgan fingerprint density at radius 3 is 2.74 bits per heavy atom. The molecule has 2 aliphatic rings. The number of carbonyl (C=O) groups excluding carboxylic acids is 1. The van der Waals surface area contributed by atoms with Crippen molar-refractivity contribution in [2.45, 2.75) is 18.6 Å². The Balaban J connectivity index is 1.64. The first-order chi connectivity index (χ1) is 11.1. The summed E-state index contributed by atoms with van der Waals surface area (Å²) < 4.78 is 6.08. The highest BCUT2D eigenvalue weighted by Gasteiger charge is 2.47. The Morgan fingerprint density at radius 1 is 1.22 bits per heavy atom. The van der Waals surface area contributed by atoms with Crippen LogP contribution in [0.2, 0.25) is 10.0 Å². The molecule has 1 saturated heterocycles. The lowest BCUT2D eigenvalue weighted by atomic mass is 9.92. The van der Waals surface area contributed by atoms with Gasteiger partial charge in [-0.1, -0.05) is 47.5 Å². The van der Waals surface area contributed by atoms with Crippen LogP contribution in [0, 0.1) is 0 Å². The molecule has 1 aromatic carbocycles. The van der Waals surface area contributed by atoms with Crippen molar-refractivity contribution in [1.29, 1.82) is 0 Å². The average molecular weight is 349 g/mol. The molecule has 3 heterocycles. The van der Waals surface area contributed by atoms with E-state index in [-0.39, 0.29) is 16.0 Å². The second-order valence-corrected chi connectivity index (χ2v) is 6.71. The van der Waals surface area contributed by atoms with E-state index in [0.29, 0.717) is 25.3 Å². The number of fused-ring (bicyclic) bond motifs is 2. The number of carbonyl (C=O) groups is 1. The first kappa shape index (κ1) is 14.9. The number of hydrogen-bond acceptors (Lipinski definition) is 3. The van der Waals surface area contributed by atoms with Crippen LogP contribution in [-0.2, 0) is 16.9 Å². The van der Waals surface area contributed by atoms with E-state index in [1.165, 1.54) is 23.5 Å². The van der Waals surface area contributed by atoms with Gasteiger partial charge in [-0.2, -0.15) is 0 Å². The molecule has 0 saturated carbocycles. The highest BCUT2D eigenvalue weighted by Crippen LogP contribution is 2.43. The fourth-order valence-corrected chi connectivity index (χ4v) is 3.98. The van der Waals surface area contributed by atoms with Crippen molar-refractivity contribution in [1.82, 2.24) is 9.88 Å². The number of rotatable bonds is 1. The van der Waals surface area contributed by atoms with Crippen LogP contribution >= 0.6 is 23.2 Å². The summed E-state index contributed by atoms with van der Waals surface area (Å²) >= 11 is 12.2. The van der Waals surface area contributed by atoms with Crippen LogP contribution in [0.5, 0.6) is 0 Å². The van der Waals surface area contributed by atoms with Crippen LogP contribution in [0.3, 0.4) is 0 Å². The molecule has 1 atom stereocenters. The molecule has 0 N–H and O–H groups in total. The van der Waals surface area contributed by atoms with Crippen LogP contribution in [0.15, 0.2) is 36.7 Å². The Hall–Kier alpha value is -1.62. The smallest absolute Gasteiger partial charge is 0.257 e. The number of likely N-dealkylation sites (tertiary alicyclic amines) is 1. The molecule has 118 valence electrons. The molecule has 0 aliphatic carbocycles. The molecular weight excluding hydrogens is 335 g/mol. The fraction of sp³-hybridized carbons (Fsp3) is 0.294. The molecule has 0 radical (unpaired) electrons. The van der Waals surface area contributed by atoms with E-state index < -0.39 is 5.60 Å². The SMILES string of the molecule is O=C(c1c(Cl)cncc1Cl)N1CCC2(C1)OCc1ccccc12. The van der Waals surface area contributed by atoms with Crippen LogP contribution in [-0.4, -0.2) is 28.9 Å². The molecule has 4 rings (SSSR count). The predicted molar refractivity (Wildman–Crippen MR) is 87.7 cm³/mol. The van der Waals surface area contributed by atoms with Gasteiger partial charge in [0.2, 0.25) is 0 Å². The number of benzene rings is 1. The molecule has 0 bridgehead atoms. The number of halogens is 2. The Bertz CT molecular complexity index is 776. The minimum atomic E-state index is -0.405. The maximum atomic E-state index is 12.8. The third-order valence-corrected chi connectivity index (χ3v) is 5.17. The number of amides is 1. The van der Waals surface area contributed by atoms with E-state index in [0.717, 1.165) is 6.42 Å². The quantitative estimate of drug-likeness (QED) is 0.789. The summed E-state index contributed by atoms with van der Waals surface area (Å²) in [7, 11) is 0. The molecule has 4 nitrogen and oxygen atoms in total. The Morgan fingerprint density at radius 2 is 1.96 bits per heavy atom. The van der Waals surface area contributed by atoms with E-state index in [4.69, 9.17) is 27.9 Å². The summed E-state index contributed by atoms with van der Waals surface area (Å²) in [6, 6.07) is 8.18. The number of ether oxygens (including phenoxy) is 1. The lowest BCUT2D eigenvalue weighted by Crippen LogP contribution is -2.34. The third-order valence-electron chi connectivity index (χ3n) is 4.60. The molecule has 2 aromatic rings. The van der Waals surface area contributed by atoms with Gasteiger partial charge in [-0.3, -0.25) is 9.78 Å². The maximum absolute atomic E-state index is 12.8. The lowest BCUT2D eigenvalue weighted by Gasteiger charge is -2.25. The maximum Gasteiger partial charge on any atom is 0.257 e. The minimum Gasteiger partial charge on any atom is -0.364 e. The van der Waals surface area contributed by atoms with Gasteiger partial charge >= 0.3 is 0 Å². The van der Waals surface area contributed by atoms with Crippen molar-refractivity contribution in [3.8, 4) is 0 Å². The van der Waals surface area contributed by atoms with E-state index in [2.05, 4.69) is 17.1 Å². The topological polar surface area (TPSA) is 42.4 Å². The zero-order valence-electron chi connectivity index (χ0n) is 12.3. The third kappa shape index (κ3) is 2.33. The van der Waals surface area contributed by atoms with E-state index in [9.17, 15) is 4.79 Å². The van der Waals surface area contributed by atoms with E-state index in [1.54, 1.807) is 4.90 Å². The largest absolute Gasteiger partial charge is 0.364 e. The molecule has 2 aliphatic heterocycles. The second kappa shape index (κ2) is 5.48. The van der Waals surface area contributed by atoms with Crippen LogP contribution < -0.4 is 0 Å². The highest BCUT2D eigenvalue weighted by atomic mass is 35.5. The monoisotopic (exact) mass is 348 g/mol. The van der Waals surface area contributed by atoms with Crippen molar-refractivity contribution in [3.05, 3.63) is 63.4 Å². The van der Waals surface area contributed by atoms with Gasteiger partial charge in [0.25, 0.3) is 5.91 Å². The molecule has 1 aromatic heterocycles. The van der Waals surface area contributed by atoms with Gasteiger partial charge in [0, 0.05) is 18.9 Å². The summed E-state index contributed by atoms with van der Waals surface area (Å²) in [5.41, 5.74) is 2.29. The zero-order chi connectivity index (χ0) is 16.0. The molecule has 23 heavy (non-hydrogen) atoms. The van der Waals surface area contributed by atoms with E-state index >= 15 is 0 Å². The summed E-state index contributed by atoms with van der Waals surface area (Å²) in [4.78, 5) is 18.5. The highest BCUT2D eigenvalue weighted by molar-refractivity contribution is 6.39. The normalized spacial score (nSPS) is 22.6. The minimum absolute atomic E-state index is 0.174. The Kier molecular flexibility index (Phi) is 3.56. The number of pyridine rings is 1. The second-order valence-electron chi connectivity index (χ2n) is 5.89. The number of aromatic nitrogens is 1. The molecular formula is C17H14Cl2N2O2. The molecule has 1 unspecified atom stereocenters. The van der Waals surface area contributed by atoms with Crippen LogP contribution in [0.4, 0.5) is 0 Å². The van der Waals surface area contributed by atoms with Gasteiger partial charge in [0.1, 0.15) is 5.60 Å². The first-order valence-electron chi connectivity index (χ1n) is 7.41. The Labute approximate surface area is 144 Å². The van der Waals surface area contributed by atoms with E-state index in [1.807, 2.05) is 12.1 Å². The lowest BCUT2D eigenvalue weighted by molar-refractivity contribution is -0.0282. The van der Waals surface area contributed by atoms with Crippen LogP contribution in [0.1, 0.15) is 27.9 Å². The van der Waals surface area contributed by atoms with Gasteiger partial charge in [-0.15, -0.1) is 0 Å². The molecule has 1 amide bonds. The summed E-state index contributed by atoms with van der Waals surface area (Å²) in [6.45, 7) is 1.72. The van der Waals surface area contributed by atoms with Crippen molar-refractivity contribution in [3.63, 3.8) is 0 Å². The fourth-order valence-electron chi connectivity index (χ4n) is 3.45. The standard InChI is InChI=1S/C17H14Cl2N2O2/c18-13-7-20-8-14(19)15(13)16(22)21-6-5-17(10-21)12-4-2-1-3-11(12)9-23-17/h1-4,7-8H,5-6,9-10H2. The van der Waals surface area contributed by atoms with Gasteiger partial charge in [0.05, 0.1) is 28.8 Å². The summed E-state index contributed by atoms with van der Waals surface area (Å²) in [5.74, 6) is -0.174. The van der Waals surface area contributed by atoms with Gasteiger partial charge in [0.15, 0.2) is 0 Å². The van der Waals surface area contributed by atoms with Gasteiger partial charge in [-0.25, -0.2) is 0 Å². The number of nitrogens with zero attached hydrogens (tertiary/aromatic N) is 2. The first-order valence-corrected chi connectivity index (χ1v) is 8.17. The van der Waals surface area contributed by atoms with Gasteiger partial charge in [-0.05, 0) is 17.5 Å². The zero-order valence-corrected chi connectivity index (χ0v) is 13.8. The molecule has 6 heteroatoms. The van der Waals surface area contributed by atoms with Gasteiger partial charge < -0.3 is 9.64 Å². The van der Waals surface area contributed by atoms with Crippen molar-refractivity contribution < 1.29 is 9.53 Å². The predicted octanol–water partition coefficient (Wildman–Crippen LogP) is 3.66. The molecule has 1 spiro atoms. The number of hydrogen-bond donors (Lipinski definition) is 0. The summed E-state index contributed by atoms with van der Waals surface area (Å²) in [6.07, 6.45) is 3.65. The van der Waals surface area contributed by atoms with Crippen molar-refractivity contribution >= 4 is 29.1 Å². The van der Waals surface area contributed by atoms with Crippen LogP contribution in [0.25, 0.3) is 0 Å². The van der Waals surface area contributed by atoms with Crippen molar-refractivity contribution in [2.24, 2.45) is 0 Å². The average Bonchev–Trinajstić information content (AvgIpc) is 3.13.